The van der Waals surface area contributed by atoms with Crippen LogP contribution in [0.1, 0.15) is 17.9 Å². The van der Waals surface area contributed by atoms with E-state index >= 15 is 0 Å². The SMILES string of the molecule is COc1ccc([C@@H]2CO[C@@H](OC)C2)cc1. The van der Waals surface area contributed by atoms with Gasteiger partial charge in [-0.25, -0.2) is 0 Å². The van der Waals surface area contributed by atoms with Crippen LogP contribution in [0, 0.1) is 0 Å². The van der Waals surface area contributed by atoms with E-state index < -0.39 is 0 Å². The first-order chi connectivity index (χ1) is 7.33. The van der Waals surface area contributed by atoms with Crippen LogP contribution in [0.2, 0.25) is 0 Å². The summed E-state index contributed by atoms with van der Waals surface area (Å²) < 4.78 is 15.8. The van der Waals surface area contributed by atoms with E-state index in [1.807, 2.05) is 12.1 Å². The van der Waals surface area contributed by atoms with Gasteiger partial charge in [0.15, 0.2) is 6.29 Å². The maximum Gasteiger partial charge on any atom is 0.157 e. The maximum absolute atomic E-state index is 5.47. The van der Waals surface area contributed by atoms with Gasteiger partial charge < -0.3 is 14.2 Å². The van der Waals surface area contributed by atoms with Crippen LogP contribution < -0.4 is 4.74 Å². The van der Waals surface area contributed by atoms with Gasteiger partial charge in [0, 0.05) is 19.4 Å². The van der Waals surface area contributed by atoms with Gasteiger partial charge in [-0.05, 0) is 17.7 Å². The second-order valence-electron chi connectivity index (χ2n) is 3.70. The van der Waals surface area contributed by atoms with Gasteiger partial charge in [0.25, 0.3) is 0 Å². The highest BCUT2D eigenvalue weighted by molar-refractivity contribution is 5.29. The van der Waals surface area contributed by atoms with E-state index in [4.69, 9.17) is 14.2 Å². The first-order valence-electron chi connectivity index (χ1n) is 5.12. The molecule has 1 heterocycles. The quantitative estimate of drug-likeness (QED) is 0.762. The molecule has 0 aliphatic carbocycles. The Balaban J connectivity index is 2.04. The molecule has 0 saturated carbocycles. The Kier molecular flexibility index (Phi) is 3.23. The van der Waals surface area contributed by atoms with E-state index in [-0.39, 0.29) is 6.29 Å². The highest BCUT2D eigenvalue weighted by Gasteiger charge is 2.26. The molecule has 0 N–H and O–H groups in total. The lowest BCUT2D eigenvalue weighted by Gasteiger charge is -2.08. The zero-order valence-electron chi connectivity index (χ0n) is 9.10. The van der Waals surface area contributed by atoms with Crippen molar-refractivity contribution in [2.24, 2.45) is 0 Å². The summed E-state index contributed by atoms with van der Waals surface area (Å²) in [6.45, 7) is 0.741. The van der Waals surface area contributed by atoms with Crippen molar-refractivity contribution >= 4 is 0 Å². The Bertz CT molecular complexity index is 307. The third-order valence-corrected chi connectivity index (χ3v) is 2.81. The second kappa shape index (κ2) is 4.64. The van der Waals surface area contributed by atoms with Gasteiger partial charge in [0.1, 0.15) is 5.75 Å². The van der Waals surface area contributed by atoms with Crippen LogP contribution >= 0.6 is 0 Å². The third kappa shape index (κ3) is 2.30. The highest BCUT2D eigenvalue weighted by atomic mass is 16.7. The second-order valence-corrected chi connectivity index (χ2v) is 3.70. The number of rotatable bonds is 3. The molecule has 0 aromatic heterocycles. The van der Waals surface area contributed by atoms with Crippen LogP contribution in [0.3, 0.4) is 0 Å². The van der Waals surface area contributed by atoms with Crippen LogP contribution in [0.25, 0.3) is 0 Å². The minimum absolute atomic E-state index is 0.0444. The highest BCUT2D eigenvalue weighted by Crippen LogP contribution is 2.30. The van der Waals surface area contributed by atoms with Crippen molar-refractivity contribution in [1.29, 1.82) is 0 Å². The van der Waals surface area contributed by atoms with Crippen LogP contribution in [-0.4, -0.2) is 27.1 Å². The van der Waals surface area contributed by atoms with Gasteiger partial charge >= 0.3 is 0 Å². The van der Waals surface area contributed by atoms with Gasteiger partial charge in [-0.2, -0.15) is 0 Å². The predicted molar refractivity (Wildman–Crippen MR) is 57.1 cm³/mol. The van der Waals surface area contributed by atoms with Crippen molar-refractivity contribution in [2.45, 2.75) is 18.6 Å². The van der Waals surface area contributed by atoms with Gasteiger partial charge in [0.2, 0.25) is 0 Å². The van der Waals surface area contributed by atoms with E-state index in [2.05, 4.69) is 12.1 Å². The summed E-state index contributed by atoms with van der Waals surface area (Å²) in [4.78, 5) is 0. The van der Waals surface area contributed by atoms with Crippen LogP contribution in [-0.2, 0) is 9.47 Å². The standard InChI is InChI=1S/C12H16O3/c1-13-11-5-3-9(4-6-11)10-7-12(14-2)15-8-10/h3-6,10,12H,7-8H2,1-2H3/t10-,12+/m0/s1. The fraction of sp³-hybridized carbons (Fsp3) is 0.500. The zero-order valence-corrected chi connectivity index (χ0v) is 9.10. The lowest BCUT2D eigenvalue weighted by Crippen LogP contribution is -2.06. The zero-order chi connectivity index (χ0) is 10.7. The Labute approximate surface area is 90.0 Å². The summed E-state index contributed by atoms with van der Waals surface area (Å²) in [6.07, 6.45) is 0.889. The number of ether oxygens (including phenoxy) is 3. The van der Waals surface area contributed by atoms with Crippen molar-refractivity contribution in [1.82, 2.24) is 0 Å². The fourth-order valence-corrected chi connectivity index (χ4v) is 1.86. The molecule has 1 aliphatic heterocycles. The number of hydrogen-bond donors (Lipinski definition) is 0. The number of hydrogen-bond acceptors (Lipinski definition) is 3. The molecule has 1 saturated heterocycles. The Morgan fingerprint density at radius 2 is 1.93 bits per heavy atom. The molecular weight excluding hydrogens is 192 g/mol. The lowest BCUT2D eigenvalue weighted by atomic mass is 9.98. The van der Waals surface area contributed by atoms with Gasteiger partial charge in [-0.15, -0.1) is 0 Å². The minimum Gasteiger partial charge on any atom is -0.497 e. The van der Waals surface area contributed by atoms with Crippen LogP contribution in [0.4, 0.5) is 0 Å². The predicted octanol–water partition coefficient (Wildman–Crippen LogP) is 2.17. The Morgan fingerprint density at radius 1 is 1.20 bits per heavy atom. The van der Waals surface area contributed by atoms with Gasteiger partial charge in [-0.1, -0.05) is 12.1 Å². The molecule has 3 heteroatoms. The van der Waals surface area contributed by atoms with Gasteiger partial charge in [-0.3, -0.25) is 0 Å². The molecular formula is C12H16O3. The molecule has 1 fully saturated rings. The summed E-state index contributed by atoms with van der Waals surface area (Å²) >= 11 is 0. The summed E-state index contributed by atoms with van der Waals surface area (Å²) in [5, 5.41) is 0. The Morgan fingerprint density at radius 3 is 2.47 bits per heavy atom. The molecule has 2 atom stereocenters. The van der Waals surface area contributed by atoms with E-state index in [9.17, 15) is 0 Å². The number of benzene rings is 1. The summed E-state index contributed by atoms with van der Waals surface area (Å²) in [7, 11) is 3.36. The van der Waals surface area contributed by atoms with Crippen molar-refractivity contribution in [3.63, 3.8) is 0 Å². The fourth-order valence-electron chi connectivity index (χ4n) is 1.86. The summed E-state index contributed by atoms with van der Waals surface area (Å²) in [6, 6.07) is 8.14. The minimum atomic E-state index is -0.0444. The average molecular weight is 208 g/mol. The summed E-state index contributed by atoms with van der Waals surface area (Å²) in [5.41, 5.74) is 1.29. The third-order valence-electron chi connectivity index (χ3n) is 2.81. The van der Waals surface area contributed by atoms with E-state index in [0.717, 1.165) is 18.8 Å². The first-order valence-corrected chi connectivity index (χ1v) is 5.12. The van der Waals surface area contributed by atoms with Crippen LogP contribution in [0.15, 0.2) is 24.3 Å². The van der Waals surface area contributed by atoms with Crippen molar-refractivity contribution in [3.05, 3.63) is 29.8 Å². The summed E-state index contributed by atoms with van der Waals surface area (Å²) in [5.74, 6) is 1.34. The molecule has 1 aromatic carbocycles. The van der Waals surface area contributed by atoms with E-state index in [0.29, 0.717) is 5.92 Å². The van der Waals surface area contributed by atoms with Crippen molar-refractivity contribution < 1.29 is 14.2 Å². The van der Waals surface area contributed by atoms with Crippen LogP contribution in [0.5, 0.6) is 5.75 Å². The molecule has 82 valence electrons. The van der Waals surface area contributed by atoms with Crippen molar-refractivity contribution in [3.8, 4) is 5.75 Å². The molecule has 0 radical (unpaired) electrons. The molecule has 0 unspecified atom stereocenters. The average Bonchev–Trinajstić information content (AvgIpc) is 2.78. The lowest BCUT2D eigenvalue weighted by molar-refractivity contribution is -0.0880. The topological polar surface area (TPSA) is 27.7 Å². The number of methoxy groups -OCH3 is 2. The van der Waals surface area contributed by atoms with Crippen molar-refractivity contribution in [2.75, 3.05) is 20.8 Å². The normalized spacial score (nSPS) is 25.5. The molecule has 1 aromatic rings. The van der Waals surface area contributed by atoms with E-state index in [1.54, 1.807) is 14.2 Å². The molecule has 15 heavy (non-hydrogen) atoms. The largest absolute Gasteiger partial charge is 0.497 e. The first kappa shape index (κ1) is 10.5. The molecule has 1 aliphatic rings. The molecule has 2 rings (SSSR count). The molecule has 0 bridgehead atoms. The molecule has 3 nitrogen and oxygen atoms in total. The smallest absolute Gasteiger partial charge is 0.157 e. The Hall–Kier alpha value is -1.06. The molecule has 0 amide bonds. The maximum atomic E-state index is 5.47. The van der Waals surface area contributed by atoms with Gasteiger partial charge in [0.05, 0.1) is 13.7 Å². The van der Waals surface area contributed by atoms with E-state index in [1.165, 1.54) is 5.56 Å². The molecule has 0 spiro atoms. The monoisotopic (exact) mass is 208 g/mol.